The molecule has 0 amide bonds. The van der Waals surface area contributed by atoms with E-state index in [2.05, 4.69) is 41.5 Å². The van der Waals surface area contributed by atoms with Gasteiger partial charge in [0.1, 0.15) is 19.3 Å². The predicted molar refractivity (Wildman–Crippen MR) is 363 cm³/mol. The number of hydrogen-bond acceptors (Lipinski definition) is 15. The van der Waals surface area contributed by atoms with E-state index < -0.39 is 97.5 Å². The van der Waals surface area contributed by atoms with E-state index >= 15 is 0 Å². The Kier molecular flexibility index (Phi) is 61.8. The fourth-order valence-electron chi connectivity index (χ4n) is 10.8. The van der Waals surface area contributed by atoms with Gasteiger partial charge < -0.3 is 33.8 Å². The number of carbonyl (C=O) groups is 4. The molecule has 0 aromatic carbocycles. The second kappa shape index (κ2) is 63.1. The molecule has 0 aromatic rings. The SMILES string of the molecule is CCCCCCCCCCCCCC(=O)OC[C@H](COP(=O)(O)OC[C@@H](O)COP(=O)(O)OC[C@@H](COC(=O)CCCCCCCCC(C)C)OC(=O)CCCCCCCCCCCCC)OC(=O)CCCCCCCCCCCCCCCCCCC(C)C. The van der Waals surface area contributed by atoms with Crippen LogP contribution < -0.4 is 0 Å². The molecule has 0 heterocycles. The van der Waals surface area contributed by atoms with Crippen LogP contribution in [0.5, 0.6) is 0 Å². The second-order valence-electron chi connectivity index (χ2n) is 26.6. The first-order valence-corrected chi connectivity index (χ1v) is 40.0. The van der Waals surface area contributed by atoms with Crippen LogP contribution in [0.2, 0.25) is 0 Å². The molecule has 0 saturated carbocycles. The van der Waals surface area contributed by atoms with Gasteiger partial charge in [0.25, 0.3) is 0 Å². The monoisotopic (exact) mass is 1320 g/mol. The summed E-state index contributed by atoms with van der Waals surface area (Å²) in [6.07, 6.45) is 48.7. The highest BCUT2D eigenvalue weighted by atomic mass is 31.2. The van der Waals surface area contributed by atoms with Crippen LogP contribution in [-0.4, -0.2) is 96.7 Å². The largest absolute Gasteiger partial charge is 0.472 e. The Morgan fingerprint density at radius 2 is 0.511 bits per heavy atom. The average Bonchev–Trinajstić information content (AvgIpc) is 2.71. The third-order valence-electron chi connectivity index (χ3n) is 16.5. The van der Waals surface area contributed by atoms with Crippen LogP contribution in [0.25, 0.3) is 0 Å². The molecule has 0 aliphatic heterocycles. The van der Waals surface area contributed by atoms with Gasteiger partial charge in [-0.2, -0.15) is 0 Å². The molecule has 5 atom stereocenters. The van der Waals surface area contributed by atoms with E-state index in [1.165, 1.54) is 173 Å². The third kappa shape index (κ3) is 64.8. The molecule has 0 bridgehead atoms. The highest BCUT2D eigenvalue weighted by Gasteiger charge is 2.30. The lowest BCUT2D eigenvalue weighted by molar-refractivity contribution is -0.161. The Bertz CT molecular complexity index is 1750. The molecular formula is C71H138O17P2. The molecule has 90 heavy (non-hydrogen) atoms. The first kappa shape index (κ1) is 88.1. The van der Waals surface area contributed by atoms with Crippen molar-refractivity contribution in [3.8, 4) is 0 Å². The van der Waals surface area contributed by atoms with E-state index in [0.29, 0.717) is 31.6 Å². The van der Waals surface area contributed by atoms with E-state index in [0.717, 1.165) is 102 Å². The molecule has 0 aliphatic carbocycles. The van der Waals surface area contributed by atoms with Crippen LogP contribution in [0, 0.1) is 11.8 Å². The number of rotatable bonds is 70. The van der Waals surface area contributed by atoms with Gasteiger partial charge >= 0.3 is 39.5 Å². The smallest absolute Gasteiger partial charge is 0.462 e. The van der Waals surface area contributed by atoms with Crippen molar-refractivity contribution < 1.29 is 80.2 Å². The summed E-state index contributed by atoms with van der Waals surface area (Å²) in [5.74, 6) is -0.635. The van der Waals surface area contributed by atoms with Gasteiger partial charge in [0, 0.05) is 25.7 Å². The highest BCUT2D eigenvalue weighted by molar-refractivity contribution is 7.47. The Morgan fingerprint density at radius 3 is 0.756 bits per heavy atom. The van der Waals surface area contributed by atoms with E-state index in [4.69, 9.17) is 37.0 Å². The molecule has 3 N–H and O–H groups in total. The maximum absolute atomic E-state index is 13.0. The number of hydrogen-bond donors (Lipinski definition) is 3. The Hall–Kier alpha value is -1.94. The van der Waals surface area contributed by atoms with Crippen molar-refractivity contribution >= 4 is 39.5 Å². The molecule has 534 valence electrons. The first-order chi connectivity index (χ1) is 43.4. The second-order valence-corrected chi connectivity index (χ2v) is 29.5. The molecule has 0 saturated heterocycles. The van der Waals surface area contributed by atoms with Gasteiger partial charge in [-0.3, -0.25) is 37.3 Å². The van der Waals surface area contributed by atoms with Gasteiger partial charge in [-0.25, -0.2) is 9.13 Å². The van der Waals surface area contributed by atoms with Crippen LogP contribution in [-0.2, 0) is 65.4 Å². The summed E-state index contributed by atoms with van der Waals surface area (Å²) < 4.78 is 68.2. The van der Waals surface area contributed by atoms with Crippen molar-refractivity contribution in [1.82, 2.24) is 0 Å². The summed E-state index contributed by atoms with van der Waals surface area (Å²) in [6.45, 7) is 9.50. The minimum Gasteiger partial charge on any atom is -0.462 e. The molecular weight excluding hydrogens is 1190 g/mol. The number of phosphoric ester groups is 2. The van der Waals surface area contributed by atoms with Crippen molar-refractivity contribution in [3.63, 3.8) is 0 Å². The van der Waals surface area contributed by atoms with Crippen molar-refractivity contribution in [2.45, 2.75) is 381 Å². The lowest BCUT2D eigenvalue weighted by Gasteiger charge is -2.21. The minimum absolute atomic E-state index is 0.106. The number of phosphoric acid groups is 2. The molecule has 0 rings (SSSR count). The Morgan fingerprint density at radius 1 is 0.300 bits per heavy atom. The lowest BCUT2D eigenvalue weighted by Crippen LogP contribution is -2.30. The predicted octanol–water partition coefficient (Wildman–Crippen LogP) is 20.4. The minimum atomic E-state index is -4.95. The van der Waals surface area contributed by atoms with Crippen LogP contribution in [0.15, 0.2) is 0 Å². The zero-order valence-electron chi connectivity index (χ0n) is 58.4. The summed E-state index contributed by atoms with van der Waals surface area (Å²) in [6, 6.07) is 0. The molecule has 0 fully saturated rings. The van der Waals surface area contributed by atoms with Gasteiger partial charge in [-0.1, -0.05) is 311 Å². The highest BCUT2D eigenvalue weighted by Crippen LogP contribution is 2.45. The number of aliphatic hydroxyl groups excluding tert-OH is 1. The van der Waals surface area contributed by atoms with Crippen LogP contribution in [0.1, 0.15) is 363 Å². The van der Waals surface area contributed by atoms with Crippen molar-refractivity contribution in [1.29, 1.82) is 0 Å². The summed E-state index contributed by atoms with van der Waals surface area (Å²) in [5, 5.41) is 10.6. The number of ether oxygens (including phenoxy) is 4. The molecule has 19 heteroatoms. The number of esters is 4. The maximum Gasteiger partial charge on any atom is 0.472 e. The maximum atomic E-state index is 13.0. The van der Waals surface area contributed by atoms with E-state index in [1.807, 2.05) is 0 Å². The van der Waals surface area contributed by atoms with Crippen molar-refractivity contribution in [2.75, 3.05) is 39.6 Å². The topological polar surface area (TPSA) is 237 Å². The summed E-state index contributed by atoms with van der Waals surface area (Å²) in [4.78, 5) is 72.5. The number of carbonyl (C=O) groups excluding carboxylic acids is 4. The van der Waals surface area contributed by atoms with E-state index in [1.54, 1.807) is 0 Å². The molecule has 0 aromatic heterocycles. The molecule has 0 radical (unpaired) electrons. The van der Waals surface area contributed by atoms with Gasteiger partial charge in [0.15, 0.2) is 12.2 Å². The quantitative estimate of drug-likeness (QED) is 0.0222. The normalized spacial score (nSPS) is 14.1. The summed E-state index contributed by atoms with van der Waals surface area (Å²) in [7, 11) is -9.90. The molecule has 0 aliphatic rings. The standard InChI is InChI=1S/C71H138O17P2/c1-7-9-11-13-15-17-25-30-34-41-47-53-68(73)81-59-66(87-71(76)56-50-44-36-32-28-24-22-20-19-21-23-27-29-33-39-45-51-63(3)4)61-85-89(77,78)83-57-65(72)58-84-90(79,80)86-62-67(60-82-69(74)54-48-42-38-37-40-46-52-64(5)6)88-70(75)55-49-43-35-31-26-18-16-14-12-10-8-2/h63-67,72H,7-62H2,1-6H3,(H,77,78)(H,79,80)/t65-,66-,67-/m1/s1. The molecule has 2 unspecified atom stereocenters. The summed E-state index contributed by atoms with van der Waals surface area (Å²) >= 11 is 0. The average molecular weight is 1330 g/mol. The van der Waals surface area contributed by atoms with Crippen LogP contribution in [0.3, 0.4) is 0 Å². The molecule has 0 spiro atoms. The van der Waals surface area contributed by atoms with E-state index in [9.17, 15) is 43.2 Å². The van der Waals surface area contributed by atoms with Gasteiger partial charge in [0.05, 0.1) is 26.4 Å². The van der Waals surface area contributed by atoms with Crippen molar-refractivity contribution in [3.05, 3.63) is 0 Å². The summed E-state index contributed by atoms with van der Waals surface area (Å²) in [5.41, 5.74) is 0. The van der Waals surface area contributed by atoms with Crippen molar-refractivity contribution in [2.24, 2.45) is 11.8 Å². The number of unbranched alkanes of at least 4 members (excludes halogenated alkanes) is 40. The lowest BCUT2D eigenvalue weighted by atomic mass is 10.0. The Labute approximate surface area is 549 Å². The van der Waals surface area contributed by atoms with E-state index in [-0.39, 0.29) is 25.7 Å². The fraction of sp³-hybridized carbons (Fsp3) is 0.944. The van der Waals surface area contributed by atoms with Crippen LogP contribution >= 0.6 is 15.6 Å². The first-order valence-electron chi connectivity index (χ1n) is 37.0. The van der Waals surface area contributed by atoms with Crippen LogP contribution in [0.4, 0.5) is 0 Å². The van der Waals surface area contributed by atoms with Gasteiger partial charge in [-0.05, 0) is 37.5 Å². The number of aliphatic hydroxyl groups is 1. The van der Waals surface area contributed by atoms with Gasteiger partial charge in [0.2, 0.25) is 0 Å². The van der Waals surface area contributed by atoms with Gasteiger partial charge in [-0.15, -0.1) is 0 Å². The fourth-order valence-corrected chi connectivity index (χ4v) is 12.3. The zero-order valence-corrected chi connectivity index (χ0v) is 60.2. The third-order valence-corrected chi connectivity index (χ3v) is 18.4. The zero-order chi connectivity index (χ0) is 66.5. The Balaban J connectivity index is 5.19. The molecule has 17 nitrogen and oxygen atoms in total.